The minimum absolute atomic E-state index is 0.311. The average Bonchev–Trinajstić information content (AvgIpc) is 3.69. The zero-order valence-electron chi connectivity index (χ0n) is 34.6. The summed E-state index contributed by atoms with van der Waals surface area (Å²) in [6.45, 7) is 0. The molecule has 1 aliphatic carbocycles. The van der Waals surface area contributed by atoms with E-state index in [0.717, 1.165) is 100.0 Å². The van der Waals surface area contributed by atoms with Gasteiger partial charge in [-0.15, -0.1) is 0 Å². The molecule has 0 atom stereocenters. The molecule has 0 saturated carbocycles. The fraction of sp³-hybridized carbons (Fsp3) is 0.0345. The van der Waals surface area contributed by atoms with E-state index in [1.807, 2.05) is 72.8 Å². The monoisotopic (exact) mass is 835 g/mol. The third-order valence-electron chi connectivity index (χ3n) is 14.0. The van der Waals surface area contributed by atoms with Crippen LogP contribution in [0.5, 0.6) is 0 Å². The summed E-state index contributed by atoms with van der Waals surface area (Å²) in [5, 5.41) is 10.8. The number of hydrogen-bond donors (Lipinski definition) is 0. The number of aromatic nitrogens is 3. The van der Waals surface area contributed by atoms with E-state index in [0.29, 0.717) is 32.6 Å². The lowest BCUT2D eigenvalue weighted by Crippen LogP contribution is -2.27. The number of fused-ring (bicyclic) bond motifs is 11. The Morgan fingerprint density at radius 3 is 1.02 bits per heavy atom. The highest BCUT2D eigenvalue weighted by molar-refractivity contribution is 6.22. The maximum Gasteiger partial charge on any atom is 0.266 e. The predicted octanol–water partition coefficient (Wildman–Crippen LogP) is 12.1. The molecule has 0 radical (unpaired) electrons. The van der Waals surface area contributed by atoms with Crippen LogP contribution >= 0.6 is 0 Å². The zero-order chi connectivity index (χ0) is 43.2. The van der Waals surface area contributed by atoms with Crippen LogP contribution in [-0.4, -0.2) is 13.4 Å². The number of rotatable bonds is 3. The summed E-state index contributed by atoms with van der Waals surface area (Å²) < 4.78 is 5.12. The SMILES string of the molecule is O=c1c2ccccc2c2cc(-c3ccc4c(c3)c3cc(-c5cc6c7ccccc7c(=O)n7c(=O)c8ccccc8c(c5)c67)ccc3n4C3=CC=CCC3)cc3c4ccccc4c(=O)n1c23. The van der Waals surface area contributed by atoms with Crippen LogP contribution in [0.3, 0.4) is 0 Å². The first-order valence-corrected chi connectivity index (χ1v) is 21.9. The first-order valence-electron chi connectivity index (χ1n) is 21.9. The van der Waals surface area contributed by atoms with Crippen LogP contribution < -0.4 is 22.2 Å². The third-order valence-corrected chi connectivity index (χ3v) is 14.0. The molecule has 0 amide bonds. The van der Waals surface area contributed by atoms with Gasteiger partial charge in [-0.25, -0.2) is 8.80 Å². The van der Waals surface area contributed by atoms with Gasteiger partial charge in [-0.3, -0.25) is 19.2 Å². The second-order valence-corrected chi connectivity index (χ2v) is 17.3. The van der Waals surface area contributed by atoms with E-state index in [1.165, 1.54) is 14.5 Å². The highest BCUT2D eigenvalue weighted by Crippen LogP contribution is 2.42. The van der Waals surface area contributed by atoms with Crippen LogP contribution in [0.15, 0.2) is 195 Å². The fourth-order valence-electron chi connectivity index (χ4n) is 11.1. The summed E-state index contributed by atoms with van der Waals surface area (Å²) in [5.41, 5.74) is 7.40. The van der Waals surface area contributed by atoms with Crippen molar-refractivity contribution in [3.8, 4) is 22.3 Å². The molecule has 0 spiro atoms. The summed E-state index contributed by atoms with van der Waals surface area (Å²) in [5.74, 6) is 0. The topological polar surface area (TPSA) is 82.0 Å². The van der Waals surface area contributed by atoms with Crippen molar-refractivity contribution in [1.82, 2.24) is 13.4 Å². The molecule has 65 heavy (non-hydrogen) atoms. The standard InChI is InChI=1S/C58H33N3O4/c62-55-41-18-8-4-14-37(41)47-28-34(29-48-38-15-5-9-19-42(38)56(63)60(55)53(47)48)32-22-24-51-45(26-32)46-27-33(23-25-52(46)59(51)36-12-2-1-3-13-36)35-30-49-39-16-6-10-20-43(39)57(64)61-54(49)50(31-35)40-17-7-11-21-44(40)58(61)65/h1-2,4-12,14-31H,3,13H2. The largest absolute Gasteiger partial charge is 0.313 e. The second kappa shape index (κ2) is 12.9. The first-order chi connectivity index (χ1) is 31.9. The van der Waals surface area contributed by atoms with Crippen molar-refractivity contribution in [2.75, 3.05) is 0 Å². The van der Waals surface area contributed by atoms with Gasteiger partial charge < -0.3 is 4.57 Å². The molecule has 5 aromatic heterocycles. The number of allylic oxidation sites excluding steroid dienone is 4. The van der Waals surface area contributed by atoms with Crippen molar-refractivity contribution in [2.45, 2.75) is 12.8 Å². The van der Waals surface area contributed by atoms with Gasteiger partial charge in [0.1, 0.15) is 0 Å². The van der Waals surface area contributed by atoms with Crippen molar-refractivity contribution in [3.63, 3.8) is 0 Å². The maximum atomic E-state index is 14.0. The van der Waals surface area contributed by atoms with Gasteiger partial charge in [-0.2, -0.15) is 0 Å². The molecule has 13 aromatic rings. The van der Waals surface area contributed by atoms with Gasteiger partial charge in [0.15, 0.2) is 0 Å². The van der Waals surface area contributed by atoms with E-state index in [9.17, 15) is 19.2 Å². The van der Waals surface area contributed by atoms with Crippen LogP contribution in [0.1, 0.15) is 12.8 Å². The van der Waals surface area contributed by atoms with E-state index in [1.54, 1.807) is 24.3 Å². The van der Waals surface area contributed by atoms with Crippen LogP contribution in [0.25, 0.3) is 125 Å². The summed E-state index contributed by atoms with van der Waals surface area (Å²) in [4.78, 5) is 56.1. The Morgan fingerprint density at radius 1 is 0.338 bits per heavy atom. The van der Waals surface area contributed by atoms with E-state index >= 15 is 0 Å². The van der Waals surface area contributed by atoms with E-state index < -0.39 is 0 Å². The zero-order valence-corrected chi connectivity index (χ0v) is 34.6. The summed E-state index contributed by atoms with van der Waals surface area (Å²) in [7, 11) is 0. The lowest BCUT2D eigenvalue weighted by atomic mass is 9.93. The van der Waals surface area contributed by atoms with Gasteiger partial charge in [-0.05, 0) is 136 Å². The minimum atomic E-state index is -0.311. The van der Waals surface area contributed by atoms with Crippen molar-refractivity contribution >= 4 is 103 Å². The molecular formula is C58H33N3O4. The number of pyridine rings is 4. The Kier molecular flexibility index (Phi) is 7.14. The highest BCUT2D eigenvalue weighted by atomic mass is 16.2. The fourth-order valence-corrected chi connectivity index (χ4v) is 11.1. The second-order valence-electron chi connectivity index (χ2n) is 17.3. The maximum absolute atomic E-state index is 14.0. The average molecular weight is 836 g/mol. The number of hydrogen-bond acceptors (Lipinski definition) is 4. The first kappa shape index (κ1) is 35.9. The van der Waals surface area contributed by atoms with Crippen molar-refractivity contribution in [2.24, 2.45) is 0 Å². The molecule has 304 valence electrons. The Hall–Kier alpha value is -8.68. The van der Waals surface area contributed by atoms with Gasteiger partial charge in [0.2, 0.25) is 0 Å². The molecule has 7 heteroatoms. The van der Waals surface area contributed by atoms with Crippen LogP contribution in [0.2, 0.25) is 0 Å². The number of benzene rings is 8. The van der Waals surface area contributed by atoms with E-state index in [4.69, 9.17) is 0 Å². The van der Waals surface area contributed by atoms with Crippen LogP contribution in [0.4, 0.5) is 0 Å². The lowest BCUT2D eigenvalue weighted by Gasteiger charge is -2.16. The molecule has 0 N–H and O–H groups in total. The number of nitrogens with zero attached hydrogens (tertiary/aromatic N) is 3. The molecule has 1 aliphatic rings. The molecular weight excluding hydrogens is 803 g/mol. The summed E-state index contributed by atoms with van der Waals surface area (Å²) >= 11 is 0. The third kappa shape index (κ3) is 4.78. The molecule has 0 aliphatic heterocycles. The van der Waals surface area contributed by atoms with Gasteiger partial charge in [0, 0.05) is 59.6 Å². The van der Waals surface area contributed by atoms with Gasteiger partial charge >= 0.3 is 0 Å². The Labute approximate surface area is 367 Å². The van der Waals surface area contributed by atoms with Crippen LogP contribution in [0, 0.1) is 0 Å². The van der Waals surface area contributed by atoms with E-state index in [-0.39, 0.29) is 22.2 Å². The Morgan fingerprint density at radius 2 is 0.677 bits per heavy atom. The van der Waals surface area contributed by atoms with Gasteiger partial charge in [0.05, 0.1) is 22.1 Å². The van der Waals surface area contributed by atoms with Crippen molar-refractivity contribution < 1.29 is 0 Å². The molecule has 0 fully saturated rings. The molecule has 5 heterocycles. The Bertz CT molecular complexity index is 4150. The lowest BCUT2D eigenvalue weighted by molar-refractivity contribution is 0.979. The van der Waals surface area contributed by atoms with Crippen molar-refractivity contribution in [1.29, 1.82) is 0 Å². The molecule has 8 aromatic carbocycles. The summed E-state index contributed by atoms with van der Waals surface area (Å²) in [6.07, 6.45) is 8.41. The quantitative estimate of drug-likeness (QED) is 0.131. The van der Waals surface area contributed by atoms with Gasteiger partial charge in [0.25, 0.3) is 22.2 Å². The van der Waals surface area contributed by atoms with E-state index in [2.05, 4.69) is 83.5 Å². The summed E-state index contributed by atoms with van der Waals surface area (Å²) in [6, 6.07) is 52.1. The normalized spacial score (nSPS) is 13.4. The molecule has 14 rings (SSSR count). The Balaban J connectivity index is 1.07. The molecule has 0 saturated heterocycles. The predicted molar refractivity (Wildman–Crippen MR) is 267 cm³/mol. The smallest absolute Gasteiger partial charge is 0.266 e. The van der Waals surface area contributed by atoms with Gasteiger partial charge in [-0.1, -0.05) is 97.1 Å². The van der Waals surface area contributed by atoms with Crippen molar-refractivity contribution in [3.05, 3.63) is 217 Å². The molecule has 0 unspecified atom stereocenters. The highest BCUT2D eigenvalue weighted by Gasteiger charge is 2.22. The molecule has 0 bridgehead atoms. The molecule has 7 nitrogen and oxygen atoms in total. The van der Waals surface area contributed by atoms with Crippen LogP contribution in [-0.2, 0) is 0 Å². The minimum Gasteiger partial charge on any atom is -0.313 e.